The number of nitrogens with one attached hydrogen (secondary N) is 1. The van der Waals surface area contributed by atoms with E-state index in [1.54, 1.807) is 6.92 Å². The molecule has 0 fully saturated rings. The average molecular weight is 213 g/mol. The molecule has 0 saturated carbocycles. The van der Waals surface area contributed by atoms with Crippen molar-refractivity contribution in [3.63, 3.8) is 0 Å². The van der Waals surface area contributed by atoms with Gasteiger partial charge in [0, 0.05) is 19.5 Å². The van der Waals surface area contributed by atoms with Crippen LogP contribution >= 0.6 is 0 Å². The number of carbonyl (C=O) groups excluding carboxylic acids is 1. The maximum absolute atomic E-state index is 10.8. The van der Waals surface area contributed by atoms with Gasteiger partial charge in [-0.3, -0.25) is 0 Å². The maximum Gasteiger partial charge on any atom is 0.332 e. The molecule has 0 aliphatic rings. The van der Waals surface area contributed by atoms with Crippen LogP contribution in [0, 0.1) is 11.8 Å². The summed E-state index contributed by atoms with van der Waals surface area (Å²) in [6, 6.07) is 0. The van der Waals surface area contributed by atoms with Crippen LogP contribution in [0.3, 0.4) is 0 Å². The monoisotopic (exact) mass is 213 g/mol. The topological polar surface area (TPSA) is 47.6 Å². The van der Waals surface area contributed by atoms with Gasteiger partial charge in [0.2, 0.25) is 0 Å². The number of carbonyl (C=O) groups is 1. The normalized spacial score (nSPS) is 9.20. The first-order valence-electron chi connectivity index (χ1n) is 5.15. The van der Waals surface area contributed by atoms with Gasteiger partial charge in [0.15, 0.2) is 0 Å². The van der Waals surface area contributed by atoms with Gasteiger partial charge in [-0.1, -0.05) is 0 Å². The molecule has 0 aliphatic heterocycles. The van der Waals surface area contributed by atoms with E-state index in [9.17, 15) is 4.79 Å². The first kappa shape index (κ1) is 13.9. The van der Waals surface area contributed by atoms with Crippen molar-refractivity contribution < 1.29 is 14.3 Å². The molecule has 4 heteroatoms. The SMILES string of the molecule is CC#CCCNCCOCC(=O)OCC. The van der Waals surface area contributed by atoms with Crippen molar-refractivity contribution in [1.29, 1.82) is 0 Å². The number of hydrogen-bond donors (Lipinski definition) is 1. The summed E-state index contributed by atoms with van der Waals surface area (Å²) in [5.41, 5.74) is 0. The quantitative estimate of drug-likeness (QED) is 0.364. The number of rotatable bonds is 8. The predicted molar refractivity (Wildman–Crippen MR) is 58.4 cm³/mol. The molecule has 0 rings (SSSR count). The summed E-state index contributed by atoms with van der Waals surface area (Å²) >= 11 is 0. The zero-order valence-corrected chi connectivity index (χ0v) is 9.47. The van der Waals surface area contributed by atoms with Crippen LogP contribution in [0.5, 0.6) is 0 Å². The van der Waals surface area contributed by atoms with Crippen LogP contribution in [0.4, 0.5) is 0 Å². The number of hydrogen-bond acceptors (Lipinski definition) is 4. The van der Waals surface area contributed by atoms with Gasteiger partial charge in [-0.05, 0) is 13.8 Å². The zero-order valence-electron chi connectivity index (χ0n) is 9.47. The molecule has 0 atom stereocenters. The summed E-state index contributed by atoms with van der Waals surface area (Å²) in [4.78, 5) is 10.8. The van der Waals surface area contributed by atoms with Crippen LogP contribution in [-0.4, -0.2) is 38.9 Å². The predicted octanol–water partition coefficient (Wildman–Crippen LogP) is 0.569. The van der Waals surface area contributed by atoms with E-state index in [-0.39, 0.29) is 12.6 Å². The highest BCUT2D eigenvalue weighted by atomic mass is 16.6. The van der Waals surface area contributed by atoms with E-state index < -0.39 is 0 Å². The molecule has 0 heterocycles. The van der Waals surface area contributed by atoms with Crippen molar-refractivity contribution in [2.75, 3.05) is 32.9 Å². The Morgan fingerprint density at radius 1 is 1.40 bits per heavy atom. The molecule has 4 nitrogen and oxygen atoms in total. The second-order valence-corrected chi connectivity index (χ2v) is 2.78. The summed E-state index contributed by atoms with van der Waals surface area (Å²) in [7, 11) is 0. The Morgan fingerprint density at radius 2 is 2.20 bits per heavy atom. The Balaban J connectivity index is 3.10. The molecular formula is C11H19NO3. The third-order valence-corrected chi connectivity index (χ3v) is 1.55. The van der Waals surface area contributed by atoms with Crippen molar-refractivity contribution in [2.24, 2.45) is 0 Å². The van der Waals surface area contributed by atoms with Crippen molar-refractivity contribution >= 4 is 5.97 Å². The first-order chi connectivity index (χ1) is 7.31. The lowest BCUT2D eigenvalue weighted by Crippen LogP contribution is -2.22. The molecule has 0 radical (unpaired) electrons. The molecule has 0 aliphatic carbocycles. The van der Waals surface area contributed by atoms with E-state index in [2.05, 4.69) is 17.2 Å². The second kappa shape index (κ2) is 11.0. The van der Waals surface area contributed by atoms with E-state index in [0.717, 1.165) is 19.5 Å². The van der Waals surface area contributed by atoms with Gasteiger partial charge in [0.1, 0.15) is 6.61 Å². The molecule has 0 unspecified atom stereocenters. The van der Waals surface area contributed by atoms with Gasteiger partial charge in [-0.25, -0.2) is 4.79 Å². The van der Waals surface area contributed by atoms with Crippen LogP contribution < -0.4 is 5.32 Å². The van der Waals surface area contributed by atoms with Crippen molar-refractivity contribution in [3.05, 3.63) is 0 Å². The molecular weight excluding hydrogens is 194 g/mol. The molecule has 15 heavy (non-hydrogen) atoms. The van der Waals surface area contributed by atoms with Crippen LogP contribution in [0.25, 0.3) is 0 Å². The fourth-order valence-electron chi connectivity index (χ4n) is 0.903. The Labute approximate surface area is 91.3 Å². The van der Waals surface area contributed by atoms with E-state index in [1.165, 1.54) is 0 Å². The largest absolute Gasteiger partial charge is 0.464 e. The Kier molecular flexibility index (Phi) is 10.3. The molecule has 0 amide bonds. The van der Waals surface area contributed by atoms with Gasteiger partial charge in [0.25, 0.3) is 0 Å². The highest BCUT2D eigenvalue weighted by molar-refractivity contribution is 5.70. The van der Waals surface area contributed by atoms with Crippen LogP contribution in [0.15, 0.2) is 0 Å². The fourth-order valence-corrected chi connectivity index (χ4v) is 0.903. The van der Waals surface area contributed by atoms with Gasteiger partial charge in [0.05, 0.1) is 13.2 Å². The third kappa shape index (κ3) is 10.9. The van der Waals surface area contributed by atoms with Crippen LogP contribution in [0.1, 0.15) is 20.3 Å². The summed E-state index contributed by atoms with van der Waals surface area (Å²) in [6.07, 6.45) is 0.842. The summed E-state index contributed by atoms with van der Waals surface area (Å²) in [5, 5.41) is 3.15. The second-order valence-electron chi connectivity index (χ2n) is 2.78. The molecule has 0 aromatic heterocycles. The Hall–Kier alpha value is -1.05. The lowest BCUT2D eigenvalue weighted by atomic mass is 10.4. The van der Waals surface area contributed by atoms with Gasteiger partial charge >= 0.3 is 5.97 Å². The lowest BCUT2D eigenvalue weighted by Gasteiger charge is -2.04. The number of esters is 1. The summed E-state index contributed by atoms with van der Waals surface area (Å²) < 4.78 is 9.78. The molecule has 0 spiro atoms. The smallest absolute Gasteiger partial charge is 0.332 e. The maximum atomic E-state index is 10.8. The minimum absolute atomic E-state index is 0.0320. The molecule has 0 aromatic carbocycles. The Bertz CT molecular complexity index is 218. The van der Waals surface area contributed by atoms with Crippen molar-refractivity contribution in [3.8, 4) is 11.8 Å². The van der Waals surface area contributed by atoms with E-state index >= 15 is 0 Å². The Morgan fingerprint density at radius 3 is 2.87 bits per heavy atom. The molecule has 0 saturated heterocycles. The first-order valence-corrected chi connectivity index (χ1v) is 5.15. The minimum Gasteiger partial charge on any atom is -0.464 e. The third-order valence-electron chi connectivity index (χ3n) is 1.55. The van der Waals surface area contributed by atoms with Crippen LogP contribution in [0.2, 0.25) is 0 Å². The number of ether oxygens (including phenoxy) is 2. The average Bonchev–Trinajstić information content (AvgIpc) is 2.22. The van der Waals surface area contributed by atoms with Gasteiger partial charge < -0.3 is 14.8 Å². The van der Waals surface area contributed by atoms with E-state index in [1.807, 2.05) is 6.92 Å². The van der Waals surface area contributed by atoms with Crippen molar-refractivity contribution in [1.82, 2.24) is 5.32 Å². The highest BCUT2D eigenvalue weighted by Crippen LogP contribution is 1.80. The van der Waals surface area contributed by atoms with Crippen LogP contribution in [-0.2, 0) is 14.3 Å². The molecule has 0 aromatic rings. The zero-order chi connectivity index (χ0) is 11.4. The standard InChI is InChI=1S/C11H19NO3/c1-3-5-6-7-12-8-9-14-10-11(13)15-4-2/h12H,4,6-10H2,1-2H3. The molecule has 86 valence electrons. The van der Waals surface area contributed by atoms with E-state index in [0.29, 0.717) is 13.2 Å². The van der Waals surface area contributed by atoms with Gasteiger partial charge in [-0.15, -0.1) is 11.8 Å². The highest BCUT2D eigenvalue weighted by Gasteiger charge is 1.99. The van der Waals surface area contributed by atoms with Crippen molar-refractivity contribution in [2.45, 2.75) is 20.3 Å². The summed E-state index contributed by atoms with van der Waals surface area (Å²) in [6.45, 7) is 6.11. The fraction of sp³-hybridized carbons (Fsp3) is 0.727. The molecule has 1 N–H and O–H groups in total. The minimum atomic E-state index is -0.311. The summed E-state index contributed by atoms with van der Waals surface area (Å²) in [5.74, 6) is 5.45. The van der Waals surface area contributed by atoms with E-state index in [4.69, 9.17) is 9.47 Å². The lowest BCUT2D eigenvalue weighted by molar-refractivity contribution is -0.148. The van der Waals surface area contributed by atoms with Gasteiger partial charge in [-0.2, -0.15) is 0 Å². The molecule has 0 bridgehead atoms.